The fraction of sp³-hybridized carbons (Fsp3) is 0.500. The van der Waals surface area contributed by atoms with Crippen molar-refractivity contribution in [2.75, 3.05) is 7.11 Å². The summed E-state index contributed by atoms with van der Waals surface area (Å²) in [6, 6.07) is -0.349. The van der Waals surface area contributed by atoms with E-state index in [0.717, 1.165) is 0 Å². The molecule has 1 atom stereocenters. The van der Waals surface area contributed by atoms with Crippen LogP contribution in [0.4, 0.5) is 0 Å². The van der Waals surface area contributed by atoms with Gasteiger partial charge in [0.25, 0.3) is 5.56 Å². The molecule has 4 nitrogen and oxygen atoms in total. The summed E-state index contributed by atoms with van der Waals surface area (Å²) in [5.41, 5.74) is -0.381. The lowest BCUT2D eigenvalue weighted by Gasteiger charge is -2.11. The fourth-order valence-electron chi connectivity index (χ4n) is 1.03. The standard InChI is InChI=1S/C8H10BClN2O2S/c1-14-6(9)2-3-12-4-5(10)7(13)11-8(12)15/h4,6H,2-3H2,1H3,(H,11,13,15)/t6-/m0/s1. The van der Waals surface area contributed by atoms with Crippen molar-refractivity contribution in [3.63, 3.8) is 0 Å². The molecule has 1 aromatic rings. The van der Waals surface area contributed by atoms with Crippen molar-refractivity contribution in [1.29, 1.82) is 0 Å². The second kappa shape index (κ2) is 5.49. The predicted octanol–water partition coefficient (Wildman–Crippen LogP) is 1.09. The van der Waals surface area contributed by atoms with E-state index < -0.39 is 0 Å². The van der Waals surface area contributed by atoms with Gasteiger partial charge in [-0.1, -0.05) is 11.6 Å². The van der Waals surface area contributed by atoms with Gasteiger partial charge in [0.05, 0.1) is 0 Å². The molecule has 0 unspecified atom stereocenters. The number of hydrogen-bond donors (Lipinski definition) is 1. The van der Waals surface area contributed by atoms with Gasteiger partial charge < -0.3 is 9.30 Å². The summed E-state index contributed by atoms with van der Waals surface area (Å²) in [6.45, 7) is 0.546. The average molecular weight is 245 g/mol. The van der Waals surface area contributed by atoms with Crippen LogP contribution in [0.5, 0.6) is 0 Å². The van der Waals surface area contributed by atoms with Crippen LogP contribution in [0.1, 0.15) is 6.42 Å². The summed E-state index contributed by atoms with van der Waals surface area (Å²) in [6.07, 6.45) is 2.08. The fourth-order valence-corrected chi connectivity index (χ4v) is 1.43. The molecular weight excluding hydrogens is 234 g/mol. The normalized spacial score (nSPS) is 12.7. The van der Waals surface area contributed by atoms with Crippen molar-refractivity contribution in [3.8, 4) is 0 Å². The number of H-pyrrole nitrogens is 1. The van der Waals surface area contributed by atoms with E-state index in [-0.39, 0.29) is 16.6 Å². The highest BCUT2D eigenvalue weighted by Crippen LogP contribution is 2.02. The summed E-state index contributed by atoms with van der Waals surface area (Å²) in [7, 11) is 7.10. The molecule has 0 aliphatic rings. The summed E-state index contributed by atoms with van der Waals surface area (Å²) >= 11 is 10.6. The molecule has 0 amide bonds. The first-order valence-corrected chi connectivity index (χ1v) is 5.11. The molecule has 1 rings (SSSR count). The molecule has 15 heavy (non-hydrogen) atoms. The van der Waals surface area contributed by atoms with Crippen molar-refractivity contribution in [3.05, 3.63) is 26.3 Å². The van der Waals surface area contributed by atoms with E-state index in [9.17, 15) is 4.79 Å². The molecule has 1 heterocycles. The maximum atomic E-state index is 11.1. The topological polar surface area (TPSA) is 47.0 Å². The van der Waals surface area contributed by atoms with Gasteiger partial charge in [0.2, 0.25) is 0 Å². The van der Waals surface area contributed by atoms with E-state index in [4.69, 9.17) is 36.4 Å². The number of aromatic amines is 1. The Morgan fingerprint density at radius 3 is 3.07 bits per heavy atom. The second-order valence-corrected chi connectivity index (χ2v) is 3.79. The van der Waals surface area contributed by atoms with Crippen molar-refractivity contribution >= 4 is 31.7 Å². The van der Waals surface area contributed by atoms with E-state index in [1.165, 1.54) is 13.3 Å². The van der Waals surface area contributed by atoms with Crippen molar-refractivity contribution in [1.82, 2.24) is 9.55 Å². The number of ether oxygens (including phenoxy) is 1. The minimum Gasteiger partial charge on any atom is -0.391 e. The maximum Gasteiger partial charge on any atom is 0.270 e. The Labute approximate surface area is 98.6 Å². The molecule has 0 aromatic carbocycles. The number of hydrogen-bond acceptors (Lipinski definition) is 3. The van der Waals surface area contributed by atoms with Gasteiger partial charge in [-0.15, -0.1) is 0 Å². The quantitative estimate of drug-likeness (QED) is 0.637. The average Bonchev–Trinajstić information content (AvgIpc) is 2.21. The Morgan fingerprint density at radius 1 is 1.80 bits per heavy atom. The third kappa shape index (κ3) is 3.48. The van der Waals surface area contributed by atoms with Gasteiger partial charge in [-0.3, -0.25) is 9.78 Å². The Balaban J connectivity index is 2.82. The van der Waals surface area contributed by atoms with E-state index in [1.807, 2.05) is 0 Å². The van der Waals surface area contributed by atoms with Gasteiger partial charge in [-0.2, -0.15) is 0 Å². The third-order valence-electron chi connectivity index (χ3n) is 1.92. The second-order valence-electron chi connectivity index (χ2n) is 2.99. The highest BCUT2D eigenvalue weighted by Gasteiger charge is 2.02. The van der Waals surface area contributed by atoms with Gasteiger partial charge in [0.1, 0.15) is 12.9 Å². The highest BCUT2D eigenvalue weighted by molar-refractivity contribution is 7.71. The van der Waals surface area contributed by atoms with Crippen molar-refractivity contribution in [2.45, 2.75) is 19.0 Å². The van der Waals surface area contributed by atoms with Crippen LogP contribution in [0.3, 0.4) is 0 Å². The zero-order valence-corrected chi connectivity index (χ0v) is 9.77. The van der Waals surface area contributed by atoms with Gasteiger partial charge in [-0.25, -0.2) is 0 Å². The number of methoxy groups -OCH3 is 1. The van der Waals surface area contributed by atoms with E-state index >= 15 is 0 Å². The largest absolute Gasteiger partial charge is 0.391 e. The number of rotatable bonds is 4. The first-order chi connectivity index (χ1) is 7.04. The van der Waals surface area contributed by atoms with Crippen LogP contribution in [-0.4, -0.2) is 30.5 Å². The zero-order valence-electron chi connectivity index (χ0n) is 8.20. The molecule has 0 aliphatic heterocycles. The molecule has 2 radical (unpaired) electrons. The Hall–Kier alpha value is -0.585. The number of aromatic nitrogens is 2. The molecule has 0 aliphatic carbocycles. The minimum atomic E-state index is -0.381. The Morgan fingerprint density at radius 2 is 2.47 bits per heavy atom. The predicted molar refractivity (Wildman–Crippen MR) is 62.1 cm³/mol. The molecule has 0 fully saturated rings. The van der Waals surface area contributed by atoms with E-state index in [0.29, 0.717) is 17.7 Å². The monoisotopic (exact) mass is 244 g/mol. The Kier molecular flexibility index (Phi) is 4.57. The number of halogens is 1. The lowest BCUT2D eigenvalue weighted by Crippen LogP contribution is -2.17. The number of nitrogens with zero attached hydrogens (tertiary/aromatic N) is 1. The summed E-state index contributed by atoms with van der Waals surface area (Å²) in [5.74, 6) is 0. The lowest BCUT2D eigenvalue weighted by atomic mass is 9.97. The van der Waals surface area contributed by atoms with Crippen LogP contribution in [-0.2, 0) is 11.3 Å². The van der Waals surface area contributed by atoms with Crippen LogP contribution >= 0.6 is 23.8 Å². The molecule has 0 spiro atoms. The maximum absolute atomic E-state index is 11.1. The van der Waals surface area contributed by atoms with Crippen LogP contribution in [0.15, 0.2) is 11.0 Å². The minimum absolute atomic E-state index is 0.106. The van der Waals surface area contributed by atoms with Gasteiger partial charge in [0.15, 0.2) is 4.77 Å². The van der Waals surface area contributed by atoms with Crippen LogP contribution in [0.25, 0.3) is 0 Å². The molecule has 7 heteroatoms. The molecular formula is C8H10BClN2O2S. The molecule has 1 aromatic heterocycles. The molecule has 1 N–H and O–H groups in total. The first kappa shape index (κ1) is 12.5. The van der Waals surface area contributed by atoms with Gasteiger partial charge >= 0.3 is 0 Å². The lowest BCUT2D eigenvalue weighted by molar-refractivity contribution is 0.155. The summed E-state index contributed by atoms with van der Waals surface area (Å²) in [5, 5.41) is 0.106. The zero-order chi connectivity index (χ0) is 11.4. The van der Waals surface area contributed by atoms with E-state index in [2.05, 4.69) is 4.98 Å². The molecule has 0 saturated carbocycles. The molecule has 0 bridgehead atoms. The smallest absolute Gasteiger partial charge is 0.270 e. The van der Waals surface area contributed by atoms with Gasteiger partial charge in [0, 0.05) is 25.9 Å². The van der Waals surface area contributed by atoms with Crippen molar-refractivity contribution in [2.24, 2.45) is 0 Å². The summed E-state index contributed by atoms with van der Waals surface area (Å²) in [4.78, 5) is 13.5. The first-order valence-electron chi connectivity index (χ1n) is 4.32. The van der Waals surface area contributed by atoms with Crippen molar-refractivity contribution < 1.29 is 4.74 Å². The van der Waals surface area contributed by atoms with E-state index in [1.54, 1.807) is 4.57 Å². The van der Waals surface area contributed by atoms with Crippen LogP contribution in [0.2, 0.25) is 5.02 Å². The summed E-state index contributed by atoms with van der Waals surface area (Å²) < 4.78 is 6.87. The molecule has 0 saturated heterocycles. The SMILES string of the molecule is [B][C@H](CCn1cc(Cl)c(=O)[nH]c1=S)OC. The Bertz CT molecular complexity index is 445. The van der Waals surface area contributed by atoms with Crippen LogP contribution < -0.4 is 5.56 Å². The highest BCUT2D eigenvalue weighted by atomic mass is 35.5. The van der Waals surface area contributed by atoms with Gasteiger partial charge in [-0.05, 0) is 18.6 Å². The molecule has 80 valence electrons. The third-order valence-corrected chi connectivity index (χ3v) is 2.53. The number of aryl methyl sites for hydroxylation is 1. The van der Waals surface area contributed by atoms with Crippen LogP contribution in [0, 0.1) is 4.77 Å². The number of nitrogens with one attached hydrogen (secondary N) is 1.